The molecule has 1 atom stereocenters. The molecule has 0 fully saturated rings. The van der Waals surface area contributed by atoms with E-state index >= 15 is 0 Å². The maximum absolute atomic E-state index is 10.4. The zero-order chi connectivity index (χ0) is 12.8. The number of aliphatic imine (C=N–C) groups is 1. The number of aromatic nitrogens is 1. The number of nitrogens with zero attached hydrogens (tertiary/aromatic N) is 3. The molecule has 0 spiro atoms. The Kier molecular flexibility index (Phi) is 5.37. The van der Waals surface area contributed by atoms with Crippen molar-refractivity contribution < 1.29 is 4.92 Å². The third kappa shape index (κ3) is 4.70. The molecule has 0 aliphatic rings. The van der Waals surface area contributed by atoms with E-state index in [1.165, 1.54) is 11.8 Å². The molecule has 0 saturated heterocycles. The van der Waals surface area contributed by atoms with Gasteiger partial charge < -0.3 is 0 Å². The maximum atomic E-state index is 10.4. The first-order chi connectivity index (χ1) is 8.02. The molecular weight excluding hydrogens is 262 g/mol. The van der Waals surface area contributed by atoms with Gasteiger partial charge in [0.1, 0.15) is 10.2 Å². The fourth-order valence-corrected chi connectivity index (χ4v) is 1.80. The molecule has 1 heterocycles. The van der Waals surface area contributed by atoms with Crippen LogP contribution in [0.25, 0.3) is 0 Å². The Balaban J connectivity index is 2.81. The molecular formula is C10H12ClN3O2S. The van der Waals surface area contributed by atoms with Crippen LogP contribution in [0, 0.1) is 10.1 Å². The van der Waals surface area contributed by atoms with Crippen LogP contribution in [0.3, 0.4) is 0 Å². The SMILES string of the molecule is CSC(C[N+](=O)[O-])=NC(C)c1ccc(Cl)nc1. The van der Waals surface area contributed by atoms with Crippen molar-refractivity contribution in [3.05, 3.63) is 39.2 Å². The van der Waals surface area contributed by atoms with E-state index < -0.39 is 0 Å². The number of rotatable bonds is 4. The number of pyridine rings is 1. The monoisotopic (exact) mass is 273 g/mol. The predicted octanol–water partition coefficient (Wildman–Crippen LogP) is 2.83. The Morgan fingerprint density at radius 1 is 1.71 bits per heavy atom. The molecule has 1 rings (SSSR count). The van der Waals surface area contributed by atoms with Crippen molar-refractivity contribution in [3.8, 4) is 0 Å². The predicted molar refractivity (Wildman–Crippen MR) is 70.5 cm³/mol. The second-order valence-electron chi connectivity index (χ2n) is 3.31. The van der Waals surface area contributed by atoms with E-state index in [9.17, 15) is 10.1 Å². The van der Waals surface area contributed by atoms with Crippen molar-refractivity contribution >= 4 is 28.4 Å². The Hall–Kier alpha value is -1.14. The van der Waals surface area contributed by atoms with Crippen LogP contribution in [0.1, 0.15) is 18.5 Å². The number of thioether (sulfide) groups is 1. The summed E-state index contributed by atoms with van der Waals surface area (Å²) in [5.41, 5.74) is 0.879. The van der Waals surface area contributed by atoms with Crippen molar-refractivity contribution in [2.45, 2.75) is 13.0 Å². The molecule has 1 aromatic heterocycles. The van der Waals surface area contributed by atoms with Gasteiger partial charge in [0, 0.05) is 11.1 Å². The van der Waals surface area contributed by atoms with E-state index in [0.29, 0.717) is 10.2 Å². The quantitative estimate of drug-likeness (QED) is 0.278. The zero-order valence-electron chi connectivity index (χ0n) is 9.46. The molecule has 0 radical (unpaired) electrons. The average molecular weight is 274 g/mol. The van der Waals surface area contributed by atoms with Gasteiger partial charge in [0.2, 0.25) is 0 Å². The molecule has 0 aliphatic heterocycles. The van der Waals surface area contributed by atoms with Gasteiger partial charge in [-0.3, -0.25) is 15.1 Å². The lowest BCUT2D eigenvalue weighted by Gasteiger charge is -2.07. The Labute approximate surface area is 108 Å². The Morgan fingerprint density at radius 2 is 2.41 bits per heavy atom. The zero-order valence-corrected chi connectivity index (χ0v) is 11.0. The molecule has 92 valence electrons. The minimum absolute atomic E-state index is 0.165. The fraction of sp³-hybridized carbons (Fsp3) is 0.400. The highest BCUT2D eigenvalue weighted by Crippen LogP contribution is 2.18. The van der Waals surface area contributed by atoms with Crippen LogP contribution in [-0.2, 0) is 0 Å². The minimum Gasteiger partial charge on any atom is -0.268 e. The number of hydrogen-bond acceptors (Lipinski definition) is 5. The Bertz CT molecular complexity index is 422. The van der Waals surface area contributed by atoms with Gasteiger partial charge in [-0.1, -0.05) is 17.7 Å². The van der Waals surface area contributed by atoms with Crippen molar-refractivity contribution in [2.75, 3.05) is 12.8 Å². The summed E-state index contributed by atoms with van der Waals surface area (Å²) in [5.74, 6) is 0. The molecule has 0 bridgehead atoms. The standard InChI is InChI=1S/C10H12ClN3O2S/c1-7(8-3-4-9(11)12-5-8)13-10(17-2)6-14(15)16/h3-5,7H,6H2,1-2H3. The lowest BCUT2D eigenvalue weighted by molar-refractivity contribution is -0.462. The summed E-state index contributed by atoms with van der Waals surface area (Å²) in [7, 11) is 0. The van der Waals surface area contributed by atoms with E-state index in [1.54, 1.807) is 18.5 Å². The van der Waals surface area contributed by atoms with E-state index in [2.05, 4.69) is 9.98 Å². The van der Waals surface area contributed by atoms with Crippen LogP contribution in [0.2, 0.25) is 5.15 Å². The van der Waals surface area contributed by atoms with Gasteiger partial charge in [-0.15, -0.1) is 11.8 Å². The average Bonchev–Trinajstić information content (AvgIpc) is 2.28. The van der Waals surface area contributed by atoms with Crippen LogP contribution >= 0.6 is 23.4 Å². The third-order valence-electron chi connectivity index (χ3n) is 2.07. The third-order valence-corrected chi connectivity index (χ3v) is 3.00. The summed E-state index contributed by atoms with van der Waals surface area (Å²) in [4.78, 5) is 18.3. The van der Waals surface area contributed by atoms with Gasteiger partial charge in [0.15, 0.2) is 0 Å². The van der Waals surface area contributed by atoms with Crippen LogP contribution in [-0.4, -0.2) is 27.8 Å². The van der Waals surface area contributed by atoms with Crippen molar-refractivity contribution in [1.29, 1.82) is 0 Å². The molecule has 0 amide bonds. The topological polar surface area (TPSA) is 68.4 Å². The van der Waals surface area contributed by atoms with Gasteiger partial charge in [-0.2, -0.15) is 0 Å². The molecule has 0 aliphatic carbocycles. The second kappa shape index (κ2) is 6.56. The van der Waals surface area contributed by atoms with Crippen LogP contribution in [0.4, 0.5) is 0 Å². The largest absolute Gasteiger partial charge is 0.268 e. The lowest BCUT2D eigenvalue weighted by atomic mass is 10.1. The molecule has 5 nitrogen and oxygen atoms in total. The molecule has 1 aromatic rings. The first kappa shape index (κ1) is 13.9. The number of hydrogen-bond donors (Lipinski definition) is 0. The van der Waals surface area contributed by atoms with Crippen molar-refractivity contribution in [2.24, 2.45) is 4.99 Å². The second-order valence-corrected chi connectivity index (χ2v) is 4.57. The smallest absolute Gasteiger partial charge is 0.251 e. The summed E-state index contributed by atoms with van der Waals surface area (Å²) in [5, 5.41) is 11.3. The normalized spacial score (nSPS) is 13.5. The summed E-state index contributed by atoms with van der Waals surface area (Å²) in [6.45, 7) is 1.62. The first-order valence-electron chi connectivity index (χ1n) is 4.87. The fourth-order valence-electron chi connectivity index (χ4n) is 1.19. The lowest BCUT2D eigenvalue weighted by Crippen LogP contribution is -2.11. The molecule has 0 N–H and O–H groups in total. The first-order valence-corrected chi connectivity index (χ1v) is 6.47. The van der Waals surface area contributed by atoms with E-state index in [4.69, 9.17) is 11.6 Å². The van der Waals surface area contributed by atoms with Gasteiger partial charge in [0.05, 0.1) is 6.04 Å². The Morgan fingerprint density at radius 3 is 2.88 bits per heavy atom. The molecule has 7 heteroatoms. The molecule has 0 saturated carbocycles. The van der Waals surface area contributed by atoms with Crippen molar-refractivity contribution in [3.63, 3.8) is 0 Å². The maximum Gasteiger partial charge on any atom is 0.251 e. The van der Waals surface area contributed by atoms with Gasteiger partial charge >= 0.3 is 0 Å². The van der Waals surface area contributed by atoms with Gasteiger partial charge in [0.25, 0.3) is 6.54 Å². The highest BCUT2D eigenvalue weighted by atomic mass is 35.5. The highest BCUT2D eigenvalue weighted by Gasteiger charge is 2.10. The van der Waals surface area contributed by atoms with E-state index in [1.807, 2.05) is 13.0 Å². The minimum atomic E-state index is -0.387. The summed E-state index contributed by atoms with van der Waals surface area (Å²) < 4.78 is 0. The summed E-state index contributed by atoms with van der Waals surface area (Å²) in [6, 6.07) is 3.32. The van der Waals surface area contributed by atoms with Crippen molar-refractivity contribution in [1.82, 2.24) is 4.98 Å². The highest BCUT2D eigenvalue weighted by molar-refractivity contribution is 8.13. The summed E-state index contributed by atoms with van der Waals surface area (Å²) >= 11 is 6.96. The van der Waals surface area contributed by atoms with Gasteiger partial charge in [-0.25, -0.2) is 4.98 Å². The summed E-state index contributed by atoms with van der Waals surface area (Å²) in [6.07, 6.45) is 3.40. The van der Waals surface area contributed by atoms with Crippen LogP contribution in [0.5, 0.6) is 0 Å². The van der Waals surface area contributed by atoms with Gasteiger partial charge in [-0.05, 0) is 24.8 Å². The molecule has 17 heavy (non-hydrogen) atoms. The van der Waals surface area contributed by atoms with E-state index in [-0.39, 0.29) is 17.5 Å². The molecule has 0 aromatic carbocycles. The van der Waals surface area contributed by atoms with Crippen LogP contribution < -0.4 is 0 Å². The number of nitro groups is 1. The number of halogens is 1. The molecule has 1 unspecified atom stereocenters. The van der Waals surface area contributed by atoms with E-state index in [0.717, 1.165) is 5.56 Å². The van der Waals surface area contributed by atoms with Crippen LogP contribution in [0.15, 0.2) is 23.3 Å².